The molecule has 0 radical (unpaired) electrons. The third-order valence-electron chi connectivity index (χ3n) is 5.50. The number of carbonyl (C=O) groups excluding carboxylic acids is 1. The lowest BCUT2D eigenvalue weighted by molar-refractivity contribution is 0.0998. The number of anilines is 1. The average molecular weight is 492 g/mol. The van der Waals surface area contributed by atoms with E-state index in [1.54, 1.807) is 48.5 Å². The molecule has 3 aromatic carbocycles. The molecule has 1 heterocycles. The summed E-state index contributed by atoms with van der Waals surface area (Å²) in [6.45, 7) is 10.3. The molecule has 0 atom stereocenters. The summed E-state index contributed by atoms with van der Waals surface area (Å²) < 4.78 is 31.0. The number of benzene rings is 3. The predicted octanol–water partition coefficient (Wildman–Crippen LogP) is 5.36. The molecule has 6 nitrogen and oxygen atoms in total. The number of thiazole rings is 1. The van der Waals surface area contributed by atoms with Crippen LogP contribution in [0.4, 0.5) is 5.69 Å². The molecule has 0 saturated carbocycles. The second kappa shape index (κ2) is 9.40. The summed E-state index contributed by atoms with van der Waals surface area (Å²) in [5.74, 6) is -0.450. The predicted molar refractivity (Wildman–Crippen MR) is 138 cm³/mol. The fourth-order valence-electron chi connectivity index (χ4n) is 3.51. The van der Waals surface area contributed by atoms with Gasteiger partial charge in [0.25, 0.3) is 15.9 Å². The standard InChI is InChI=1S/C26H25N3O3S2/c1-5-13-29-23-14-18(3)19(4)15-24(23)33-26(29)27-25(30)20-7-6-8-21(16-20)28-34(31,32)22-11-9-17(2)10-12-22/h5-12,14-16,28H,1,13H2,2-4H3. The summed E-state index contributed by atoms with van der Waals surface area (Å²) in [4.78, 5) is 18.1. The Labute approximate surface area is 203 Å². The zero-order valence-electron chi connectivity index (χ0n) is 19.2. The van der Waals surface area contributed by atoms with Crippen molar-refractivity contribution >= 4 is 43.2 Å². The SMILES string of the molecule is C=CCn1c(=NC(=O)c2cccc(NS(=O)(=O)c3ccc(C)cc3)c2)sc2cc(C)c(C)cc21. The Kier molecular flexibility index (Phi) is 6.54. The first-order valence-electron chi connectivity index (χ1n) is 10.7. The van der Waals surface area contributed by atoms with Crippen LogP contribution in [0.15, 0.2) is 83.2 Å². The zero-order valence-corrected chi connectivity index (χ0v) is 20.8. The van der Waals surface area contributed by atoms with Crippen LogP contribution in [0.25, 0.3) is 10.2 Å². The van der Waals surface area contributed by atoms with Gasteiger partial charge in [-0.05, 0) is 74.4 Å². The molecule has 0 unspecified atom stereocenters. The summed E-state index contributed by atoms with van der Waals surface area (Å²) in [7, 11) is -3.78. The van der Waals surface area contributed by atoms with Gasteiger partial charge in [-0.25, -0.2) is 8.42 Å². The van der Waals surface area contributed by atoms with Crippen LogP contribution in [-0.4, -0.2) is 18.9 Å². The van der Waals surface area contributed by atoms with Crippen molar-refractivity contribution in [2.45, 2.75) is 32.2 Å². The Hall–Kier alpha value is -3.49. The average Bonchev–Trinajstić information content (AvgIpc) is 3.10. The molecule has 8 heteroatoms. The van der Waals surface area contributed by atoms with Crippen LogP contribution in [0.1, 0.15) is 27.0 Å². The number of aryl methyl sites for hydroxylation is 3. The molecular formula is C26H25N3O3S2. The van der Waals surface area contributed by atoms with Gasteiger partial charge in [-0.1, -0.05) is 41.2 Å². The topological polar surface area (TPSA) is 80.5 Å². The van der Waals surface area contributed by atoms with Crippen LogP contribution >= 0.6 is 11.3 Å². The third-order valence-corrected chi connectivity index (χ3v) is 7.94. The number of allylic oxidation sites excluding steroid dienone is 1. The molecule has 0 fully saturated rings. The molecular weight excluding hydrogens is 466 g/mol. The van der Waals surface area contributed by atoms with E-state index in [-0.39, 0.29) is 4.90 Å². The zero-order chi connectivity index (χ0) is 24.5. The summed E-state index contributed by atoms with van der Waals surface area (Å²) in [6.07, 6.45) is 1.77. The third kappa shape index (κ3) is 4.88. The summed E-state index contributed by atoms with van der Waals surface area (Å²) >= 11 is 1.44. The van der Waals surface area contributed by atoms with Gasteiger partial charge < -0.3 is 4.57 Å². The van der Waals surface area contributed by atoms with Gasteiger partial charge in [0.1, 0.15) is 0 Å². The van der Waals surface area contributed by atoms with E-state index in [1.165, 1.54) is 23.0 Å². The fourth-order valence-corrected chi connectivity index (χ4v) is 5.68. The number of rotatable bonds is 6. The number of fused-ring (bicyclic) bond motifs is 1. The van der Waals surface area contributed by atoms with E-state index in [0.29, 0.717) is 22.6 Å². The van der Waals surface area contributed by atoms with Crippen molar-refractivity contribution in [2.75, 3.05) is 4.72 Å². The molecule has 0 aliphatic rings. The molecule has 0 bridgehead atoms. The maximum Gasteiger partial charge on any atom is 0.279 e. The highest BCUT2D eigenvalue weighted by molar-refractivity contribution is 7.92. The Bertz CT molecular complexity index is 1580. The van der Waals surface area contributed by atoms with E-state index >= 15 is 0 Å². The van der Waals surface area contributed by atoms with E-state index in [0.717, 1.165) is 21.3 Å². The highest BCUT2D eigenvalue weighted by Crippen LogP contribution is 2.23. The number of nitrogens with zero attached hydrogens (tertiary/aromatic N) is 2. The highest BCUT2D eigenvalue weighted by atomic mass is 32.2. The normalized spacial score (nSPS) is 12.1. The van der Waals surface area contributed by atoms with Gasteiger partial charge in [0, 0.05) is 17.8 Å². The largest absolute Gasteiger partial charge is 0.312 e. The van der Waals surface area contributed by atoms with Crippen LogP contribution < -0.4 is 9.52 Å². The highest BCUT2D eigenvalue weighted by Gasteiger charge is 2.15. The first-order valence-corrected chi connectivity index (χ1v) is 13.0. The smallest absolute Gasteiger partial charge is 0.279 e. The van der Waals surface area contributed by atoms with Gasteiger partial charge in [0.15, 0.2) is 4.80 Å². The van der Waals surface area contributed by atoms with E-state index in [2.05, 4.69) is 42.3 Å². The summed E-state index contributed by atoms with van der Waals surface area (Å²) in [5, 5.41) is 0. The number of hydrogen-bond acceptors (Lipinski definition) is 4. The van der Waals surface area contributed by atoms with Gasteiger partial charge in [0.2, 0.25) is 0 Å². The first kappa shape index (κ1) is 23.7. The summed E-state index contributed by atoms with van der Waals surface area (Å²) in [5.41, 5.74) is 4.88. The van der Waals surface area contributed by atoms with Gasteiger partial charge >= 0.3 is 0 Å². The minimum atomic E-state index is -3.78. The van der Waals surface area contributed by atoms with Gasteiger partial charge in [-0.2, -0.15) is 4.99 Å². The molecule has 34 heavy (non-hydrogen) atoms. The number of nitrogens with one attached hydrogen (secondary N) is 1. The number of aromatic nitrogens is 1. The first-order chi connectivity index (χ1) is 16.2. The number of amides is 1. The lowest BCUT2D eigenvalue weighted by atomic mass is 10.1. The molecule has 1 aromatic heterocycles. The lowest BCUT2D eigenvalue weighted by Crippen LogP contribution is -2.16. The molecule has 0 aliphatic carbocycles. The van der Waals surface area contributed by atoms with Gasteiger partial charge in [-0.3, -0.25) is 9.52 Å². The van der Waals surface area contributed by atoms with E-state index in [1.807, 2.05) is 11.5 Å². The monoisotopic (exact) mass is 491 g/mol. The van der Waals surface area contributed by atoms with Crippen molar-refractivity contribution in [3.63, 3.8) is 0 Å². The number of sulfonamides is 1. The van der Waals surface area contributed by atoms with Gasteiger partial charge in [-0.15, -0.1) is 6.58 Å². The lowest BCUT2D eigenvalue weighted by Gasteiger charge is -2.09. The maximum absolute atomic E-state index is 13.0. The van der Waals surface area contributed by atoms with Crippen LogP contribution in [-0.2, 0) is 16.6 Å². The Morgan fingerprint density at radius 1 is 1.06 bits per heavy atom. The Morgan fingerprint density at radius 3 is 2.47 bits per heavy atom. The van der Waals surface area contributed by atoms with Crippen molar-refractivity contribution in [1.82, 2.24) is 4.57 Å². The van der Waals surface area contributed by atoms with Crippen molar-refractivity contribution in [2.24, 2.45) is 4.99 Å². The Balaban J connectivity index is 1.69. The fraction of sp³-hybridized carbons (Fsp3) is 0.154. The minimum Gasteiger partial charge on any atom is -0.312 e. The number of carbonyl (C=O) groups is 1. The van der Waals surface area contributed by atoms with Crippen LogP contribution in [0.3, 0.4) is 0 Å². The Morgan fingerprint density at radius 2 is 1.76 bits per heavy atom. The number of hydrogen-bond donors (Lipinski definition) is 1. The molecule has 0 spiro atoms. The van der Waals surface area contributed by atoms with Crippen LogP contribution in [0.2, 0.25) is 0 Å². The quantitative estimate of drug-likeness (QED) is 0.369. The summed E-state index contributed by atoms with van der Waals surface area (Å²) in [6, 6.07) is 17.1. The second-order valence-electron chi connectivity index (χ2n) is 8.10. The molecule has 0 saturated heterocycles. The molecule has 1 amide bonds. The van der Waals surface area contributed by atoms with Crippen LogP contribution in [0.5, 0.6) is 0 Å². The molecule has 0 aliphatic heterocycles. The molecule has 1 N–H and O–H groups in total. The molecule has 174 valence electrons. The molecule has 4 aromatic rings. The molecule has 4 rings (SSSR count). The second-order valence-corrected chi connectivity index (χ2v) is 10.8. The van der Waals surface area contributed by atoms with Gasteiger partial charge in [0.05, 0.1) is 15.1 Å². The van der Waals surface area contributed by atoms with Crippen LogP contribution in [0, 0.1) is 20.8 Å². The van der Waals surface area contributed by atoms with E-state index in [4.69, 9.17) is 0 Å². The van der Waals surface area contributed by atoms with E-state index < -0.39 is 15.9 Å². The van der Waals surface area contributed by atoms with Crippen molar-refractivity contribution in [1.29, 1.82) is 0 Å². The van der Waals surface area contributed by atoms with Crippen molar-refractivity contribution in [3.8, 4) is 0 Å². The van der Waals surface area contributed by atoms with E-state index in [9.17, 15) is 13.2 Å². The van der Waals surface area contributed by atoms with Crippen molar-refractivity contribution in [3.05, 3.63) is 100 Å². The maximum atomic E-state index is 13.0. The van der Waals surface area contributed by atoms with Crippen molar-refractivity contribution < 1.29 is 13.2 Å². The minimum absolute atomic E-state index is 0.154.